The number of morpholine rings is 1. The standard InChI is InChI=1S/C25H31N5O3/c26-25(22-16-29(17-31)7-4-23(22)28-19-5-10-32-11-6-19)20-3-1-2-18-14-24(27-15-21(18)20)30-8-12-33-13-9-30/h1-3,14-15,17,19H,4-13,16,26H2. The van der Waals surface area contributed by atoms with Gasteiger partial charge in [0.2, 0.25) is 6.41 Å². The van der Waals surface area contributed by atoms with Crippen LogP contribution < -0.4 is 10.6 Å². The van der Waals surface area contributed by atoms with Crippen LogP contribution >= 0.6 is 0 Å². The number of fused-ring (bicyclic) bond motifs is 1. The van der Waals surface area contributed by atoms with Gasteiger partial charge < -0.3 is 25.0 Å². The van der Waals surface area contributed by atoms with Gasteiger partial charge in [0.05, 0.1) is 19.3 Å². The fourth-order valence-corrected chi connectivity index (χ4v) is 4.80. The van der Waals surface area contributed by atoms with Gasteiger partial charge in [0, 0.05) is 79.9 Å². The number of ether oxygens (including phenoxy) is 2. The van der Waals surface area contributed by atoms with E-state index in [1.54, 1.807) is 4.90 Å². The molecular formula is C25H31N5O3. The van der Waals surface area contributed by atoms with Gasteiger partial charge in [-0.1, -0.05) is 18.2 Å². The quantitative estimate of drug-likeness (QED) is 0.720. The van der Waals surface area contributed by atoms with Crippen molar-refractivity contribution in [2.24, 2.45) is 10.7 Å². The monoisotopic (exact) mass is 449 g/mol. The lowest BCUT2D eigenvalue weighted by Crippen LogP contribution is -2.37. The Morgan fingerprint density at radius 1 is 1.12 bits per heavy atom. The molecule has 0 saturated carbocycles. The number of likely N-dealkylation sites (tertiary alicyclic amines) is 1. The molecule has 0 radical (unpaired) electrons. The number of anilines is 1. The summed E-state index contributed by atoms with van der Waals surface area (Å²) in [7, 11) is 0. The molecule has 3 fully saturated rings. The zero-order valence-corrected chi connectivity index (χ0v) is 18.9. The highest BCUT2D eigenvalue weighted by Crippen LogP contribution is 2.29. The first kappa shape index (κ1) is 21.9. The Kier molecular flexibility index (Phi) is 6.55. The van der Waals surface area contributed by atoms with Crippen LogP contribution in [0, 0.1) is 0 Å². The fourth-order valence-electron chi connectivity index (χ4n) is 4.80. The van der Waals surface area contributed by atoms with Crippen LogP contribution in [0.5, 0.6) is 0 Å². The Morgan fingerprint density at radius 3 is 2.70 bits per heavy atom. The maximum absolute atomic E-state index is 11.5. The van der Waals surface area contributed by atoms with Crippen LogP contribution in [0.2, 0.25) is 0 Å². The van der Waals surface area contributed by atoms with Gasteiger partial charge >= 0.3 is 0 Å². The van der Waals surface area contributed by atoms with Gasteiger partial charge in [-0.2, -0.15) is 0 Å². The minimum atomic E-state index is 0.254. The lowest BCUT2D eigenvalue weighted by molar-refractivity contribution is -0.117. The topological polar surface area (TPSA) is 93.3 Å². The second kappa shape index (κ2) is 9.89. The Bertz CT molecular complexity index is 1070. The lowest BCUT2D eigenvalue weighted by Gasteiger charge is -2.30. The molecule has 3 aliphatic rings. The van der Waals surface area contributed by atoms with E-state index in [1.807, 2.05) is 18.3 Å². The number of piperidine rings is 1. The van der Waals surface area contributed by atoms with Crippen molar-refractivity contribution in [2.75, 3.05) is 57.5 Å². The van der Waals surface area contributed by atoms with Crippen LogP contribution in [0.3, 0.4) is 0 Å². The van der Waals surface area contributed by atoms with Crippen molar-refractivity contribution in [1.29, 1.82) is 0 Å². The minimum absolute atomic E-state index is 0.254. The minimum Gasteiger partial charge on any atom is -0.398 e. The molecule has 3 aliphatic heterocycles. The van der Waals surface area contributed by atoms with Gasteiger partial charge in [-0.3, -0.25) is 9.79 Å². The number of rotatable bonds is 4. The second-order valence-corrected chi connectivity index (χ2v) is 8.81. The van der Waals surface area contributed by atoms with Crippen LogP contribution in [0.1, 0.15) is 24.8 Å². The number of aromatic nitrogens is 1. The molecule has 5 rings (SSSR count). The van der Waals surface area contributed by atoms with Gasteiger partial charge in [-0.05, 0) is 24.3 Å². The van der Waals surface area contributed by atoms with Crippen molar-refractivity contribution in [3.63, 3.8) is 0 Å². The molecule has 3 saturated heterocycles. The number of nitrogens with zero attached hydrogens (tertiary/aromatic N) is 4. The Labute approximate surface area is 194 Å². The van der Waals surface area contributed by atoms with Crippen molar-refractivity contribution >= 4 is 34.4 Å². The number of benzene rings is 1. The second-order valence-electron chi connectivity index (χ2n) is 8.81. The molecule has 1 aromatic heterocycles. The van der Waals surface area contributed by atoms with E-state index in [2.05, 4.69) is 17.0 Å². The Morgan fingerprint density at radius 2 is 1.91 bits per heavy atom. The van der Waals surface area contributed by atoms with Crippen molar-refractivity contribution in [2.45, 2.75) is 25.3 Å². The largest absolute Gasteiger partial charge is 0.398 e. The van der Waals surface area contributed by atoms with E-state index in [1.165, 1.54) is 0 Å². The third-order valence-electron chi connectivity index (χ3n) is 6.72. The summed E-state index contributed by atoms with van der Waals surface area (Å²) in [4.78, 5) is 25.4. The molecule has 8 nitrogen and oxygen atoms in total. The molecule has 4 heterocycles. The van der Waals surface area contributed by atoms with Crippen molar-refractivity contribution in [3.8, 4) is 0 Å². The van der Waals surface area contributed by atoms with Crippen molar-refractivity contribution in [1.82, 2.24) is 9.88 Å². The third-order valence-corrected chi connectivity index (χ3v) is 6.72. The molecule has 2 aromatic rings. The van der Waals surface area contributed by atoms with Crippen LogP contribution in [0.15, 0.2) is 41.0 Å². The first-order chi connectivity index (χ1) is 16.2. The molecule has 1 amide bonds. The molecule has 8 heteroatoms. The van der Waals surface area contributed by atoms with Gasteiger partial charge in [-0.15, -0.1) is 0 Å². The van der Waals surface area contributed by atoms with E-state index in [0.717, 1.165) is 98.6 Å². The van der Waals surface area contributed by atoms with Crippen LogP contribution in [0.25, 0.3) is 16.5 Å². The zero-order valence-electron chi connectivity index (χ0n) is 18.9. The van der Waals surface area contributed by atoms with E-state index in [0.29, 0.717) is 18.8 Å². The average molecular weight is 450 g/mol. The molecule has 174 valence electrons. The predicted molar refractivity (Wildman–Crippen MR) is 129 cm³/mol. The molecular weight excluding hydrogens is 418 g/mol. The van der Waals surface area contributed by atoms with Crippen LogP contribution in [0.4, 0.5) is 5.82 Å². The van der Waals surface area contributed by atoms with Crippen molar-refractivity contribution in [3.05, 3.63) is 41.6 Å². The van der Waals surface area contributed by atoms with Crippen LogP contribution in [-0.4, -0.2) is 80.7 Å². The van der Waals surface area contributed by atoms with Gasteiger partial charge in [0.25, 0.3) is 0 Å². The maximum atomic E-state index is 11.5. The van der Waals surface area contributed by atoms with Gasteiger partial charge in [-0.25, -0.2) is 4.98 Å². The first-order valence-electron chi connectivity index (χ1n) is 11.8. The van der Waals surface area contributed by atoms with Gasteiger partial charge in [0.15, 0.2) is 0 Å². The zero-order chi connectivity index (χ0) is 22.6. The molecule has 0 atom stereocenters. The van der Waals surface area contributed by atoms with E-state index < -0.39 is 0 Å². The molecule has 0 bridgehead atoms. The summed E-state index contributed by atoms with van der Waals surface area (Å²) >= 11 is 0. The molecule has 33 heavy (non-hydrogen) atoms. The molecule has 0 aliphatic carbocycles. The summed E-state index contributed by atoms with van der Waals surface area (Å²) in [6.07, 6.45) is 5.39. The summed E-state index contributed by atoms with van der Waals surface area (Å²) in [5.74, 6) is 0.959. The average Bonchev–Trinajstić information content (AvgIpc) is 2.89. The summed E-state index contributed by atoms with van der Waals surface area (Å²) < 4.78 is 11.0. The fraction of sp³-hybridized carbons (Fsp3) is 0.480. The Balaban J connectivity index is 1.53. The summed E-state index contributed by atoms with van der Waals surface area (Å²) in [5.41, 5.74) is 10.4. The molecule has 2 N–H and O–H groups in total. The summed E-state index contributed by atoms with van der Waals surface area (Å²) in [6, 6.07) is 8.54. The maximum Gasteiger partial charge on any atom is 0.210 e. The smallest absolute Gasteiger partial charge is 0.210 e. The van der Waals surface area contributed by atoms with Crippen molar-refractivity contribution < 1.29 is 14.3 Å². The van der Waals surface area contributed by atoms with E-state index in [4.69, 9.17) is 25.2 Å². The summed E-state index contributed by atoms with van der Waals surface area (Å²) in [6.45, 7) is 5.78. The third kappa shape index (κ3) is 4.72. The number of aliphatic imine (C=N–C) groups is 1. The number of nitrogens with two attached hydrogens (primary N) is 1. The number of hydrogen-bond donors (Lipinski definition) is 1. The number of pyridine rings is 1. The number of amides is 1. The van der Waals surface area contributed by atoms with E-state index in [9.17, 15) is 4.79 Å². The molecule has 0 spiro atoms. The highest BCUT2D eigenvalue weighted by atomic mass is 16.5. The molecule has 1 aromatic carbocycles. The highest BCUT2D eigenvalue weighted by Gasteiger charge is 2.25. The number of hydrogen-bond acceptors (Lipinski definition) is 7. The summed E-state index contributed by atoms with van der Waals surface area (Å²) in [5, 5.41) is 2.10. The van der Waals surface area contributed by atoms with Crippen LogP contribution in [-0.2, 0) is 14.3 Å². The number of carbonyl (C=O) groups is 1. The van der Waals surface area contributed by atoms with Gasteiger partial charge in [0.1, 0.15) is 5.82 Å². The molecule has 0 unspecified atom stereocenters. The lowest BCUT2D eigenvalue weighted by atomic mass is 9.94. The number of carbonyl (C=O) groups excluding carboxylic acids is 1. The first-order valence-corrected chi connectivity index (χ1v) is 11.8. The normalized spacial score (nSPS) is 23.2. The Hall–Kier alpha value is -2.97. The predicted octanol–water partition coefficient (Wildman–Crippen LogP) is 2.22. The SMILES string of the molecule is NC(=C1CN(C=O)CCC1=NC1CCOCC1)c1cccc2cc(N3CCOCC3)ncc12. The highest BCUT2D eigenvalue weighted by molar-refractivity contribution is 6.09. The van der Waals surface area contributed by atoms with E-state index >= 15 is 0 Å². The van der Waals surface area contributed by atoms with E-state index in [-0.39, 0.29) is 6.04 Å².